The van der Waals surface area contributed by atoms with Crippen molar-refractivity contribution < 1.29 is 0 Å². The Kier molecular flexibility index (Phi) is 4.36. The van der Waals surface area contributed by atoms with Gasteiger partial charge in [0.2, 0.25) is 0 Å². The molecule has 0 spiro atoms. The van der Waals surface area contributed by atoms with Crippen LogP contribution in [0.5, 0.6) is 0 Å². The number of nitrogens with two attached hydrogens (primary N) is 1. The van der Waals surface area contributed by atoms with E-state index in [1.807, 2.05) is 13.8 Å². The molecular formula is C13H18BrN5O2. The number of aromatic nitrogens is 4. The minimum absolute atomic E-state index is 0.0477. The van der Waals surface area contributed by atoms with Crippen molar-refractivity contribution in [3.63, 3.8) is 0 Å². The van der Waals surface area contributed by atoms with Crippen molar-refractivity contribution in [2.24, 2.45) is 7.05 Å². The second-order valence-electron chi connectivity index (χ2n) is 4.75. The van der Waals surface area contributed by atoms with Crippen LogP contribution in [-0.4, -0.2) is 18.9 Å². The van der Waals surface area contributed by atoms with Gasteiger partial charge in [0.15, 0.2) is 0 Å². The molecule has 0 aromatic carbocycles. The first kappa shape index (κ1) is 15.6. The lowest BCUT2D eigenvalue weighted by molar-refractivity contribution is 0.566. The molecule has 2 aromatic rings. The lowest BCUT2D eigenvalue weighted by atomic mass is 10.3. The molecule has 0 aliphatic carbocycles. The van der Waals surface area contributed by atoms with E-state index in [4.69, 9.17) is 5.73 Å². The van der Waals surface area contributed by atoms with Gasteiger partial charge in [0.05, 0.1) is 22.4 Å². The largest absolute Gasteiger partial charge is 0.393 e. The molecule has 2 aromatic heterocycles. The van der Waals surface area contributed by atoms with Crippen molar-refractivity contribution in [2.45, 2.75) is 33.4 Å². The van der Waals surface area contributed by atoms with E-state index in [1.165, 1.54) is 10.8 Å². The van der Waals surface area contributed by atoms with Gasteiger partial charge in [-0.25, -0.2) is 4.79 Å². The van der Waals surface area contributed by atoms with Crippen molar-refractivity contribution in [3.8, 4) is 0 Å². The van der Waals surface area contributed by atoms with E-state index in [0.717, 1.165) is 26.8 Å². The van der Waals surface area contributed by atoms with Crippen LogP contribution in [0.1, 0.15) is 25.2 Å². The average Bonchev–Trinajstić information content (AvgIpc) is 2.77. The van der Waals surface area contributed by atoms with Crippen LogP contribution in [0, 0.1) is 0 Å². The highest BCUT2D eigenvalue weighted by molar-refractivity contribution is 9.10. The van der Waals surface area contributed by atoms with E-state index in [9.17, 15) is 9.59 Å². The molecule has 0 saturated carbocycles. The number of nitrogens with zero attached hydrogens (tertiary/aromatic N) is 4. The summed E-state index contributed by atoms with van der Waals surface area (Å²) in [6, 6.07) is 0. The summed E-state index contributed by atoms with van der Waals surface area (Å²) in [5, 5.41) is 4.46. The molecule has 2 N–H and O–H groups in total. The number of nitrogen functional groups attached to an aromatic ring is 1. The molecule has 114 valence electrons. The predicted molar refractivity (Wildman–Crippen MR) is 84.4 cm³/mol. The van der Waals surface area contributed by atoms with E-state index in [0.29, 0.717) is 6.54 Å². The van der Waals surface area contributed by atoms with E-state index in [1.54, 1.807) is 11.7 Å². The number of hydrogen-bond donors (Lipinski definition) is 1. The number of halogens is 1. The monoisotopic (exact) mass is 355 g/mol. The summed E-state index contributed by atoms with van der Waals surface area (Å²) in [5.41, 5.74) is 6.52. The zero-order chi connectivity index (χ0) is 15.7. The lowest BCUT2D eigenvalue weighted by Gasteiger charge is -2.10. The Morgan fingerprint density at radius 1 is 1.33 bits per heavy atom. The lowest BCUT2D eigenvalue weighted by Crippen LogP contribution is -2.40. The van der Waals surface area contributed by atoms with Gasteiger partial charge in [-0.1, -0.05) is 6.92 Å². The Balaban J connectivity index is 2.61. The minimum atomic E-state index is -0.480. The number of aryl methyl sites for hydroxylation is 3. The summed E-state index contributed by atoms with van der Waals surface area (Å²) in [7, 11) is 1.57. The molecule has 0 fully saturated rings. The van der Waals surface area contributed by atoms with Crippen LogP contribution in [-0.2, 0) is 26.6 Å². The number of anilines is 1. The van der Waals surface area contributed by atoms with Gasteiger partial charge in [-0.3, -0.25) is 14.0 Å². The summed E-state index contributed by atoms with van der Waals surface area (Å²) in [6.07, 6.45) is 2.11. The first-order valence-electron chi connectivity index (χ1n) is 6.70. The maximum absolute atomic E-state index is 12.2. The molecule has 0 aliphatic heterocycles. The highest BCUT2D eigenvalue weighted by Gasteiger charge is 2.17. The van der Waals surface area contributed by atoms with Gasteiger partial charge in [-0.05, 0) is 29.3 Å². The third-order valence-electron chi connectivity index (χ3n) is 3.36. The van der Waals surface area contributed by atoms with Crippen molar-refractivity contribution in [1.29, 1.82) is 0 Å². The fourth-order valence-corrected chi connectivity index (χ4v) is 2.90. The summed E-state index contributed by atoms with van der Waals surface area (Å²) >= 11 is 3.51. The van der Waals surface area contributed by atoms with Crippen LogP contribution in [0.3, 0.4) is 0 Å². The smallest absolute Gasteiger partial charge is 0.331 e. The number of hydrogen-bond acceptors (Lipinski definition) is 4. The van der Waals surface area contributed by atoms with Crippen molar-refractivity contribution >= 4 is 21.6 Å². The SMILES string of the molecule is CCc1nn(CC)c(Cn2c(=O)c(N)cn(C)c2=O)c1Br. The van der Waals surface area contributed by atoms with Crippen LogP contribution in [0.25, 0.3) is 0 Å². The zero-order valence-corrected chi connectivity index (χ0v) is 13.8. The first-order chi connectivity index (χ1) is 9.90. The van der Waals surface area contributed by atoms with E-state index >= 15 is 0 Å². The Morgan fingerprint density at radius 3 is 2.57 bits per heavy atom. The molecule has 8 heteroatoms. The van der Waals surface area contributed by atoms with Gasteiger partial charge in [0.1, 0.15) is 5.69 Å². The Bertz CT molecular complexity index is 753. The molecule has 0 radical (unpaired) electrons. The molecule has 0 saturated heterocycles. The number of rotatable bonds is 4. The predicted octanol–water partition coefficient (Wildman–Crippen LogP) is 0.719. The van der Waals surface area contributed by atoms with Crippen LogP contribution in [0.15, 0.2) is 20.3 Å². The standard InChI is InChI=1S/C13H18BrN5O2/c1-4-9-11(14)10(19(5-2)16-9)7-18-12(20)8(15)6-17(3)13(18)21/h6H,4-5,7,15H2,1-3H3. The topological polar surface area (TPSA) is 87.8 Å². The molecule has 0 bridgehead atoms. The minimum Gasteiger partial charge on any atom is -0.393 e. The quantitative estimate of drug-likeness (QED) is 0.874. The normalized spacial score (nSPS) is 11.0. The summed E-state index contributed by atoms with van der Waals surface area (Å²) in [4.78, 5) is 24.3. The Hall–Kier alpha value is -1.83. The van der Waals surface area contributed by atoms with Gasteiger partial charge in [-0.2, -0.15) is 5.10 Å². The third-order valence-corrected chi connectivity index (χ3v) is 4.27. The molecular weight excluding hydrogens is 338 g/mol. The Morgan fingerprint density at radius 2 is 2.00 bits per heavy atom. The maximum Gasteiger partial charge on any atom is 0.331 e. The van der Waals surface area contributed by atoms with E-state index in [2.05, 4.69) is 21.0 Å². The zero-order valence-electron chi connectivity index (χ0n) is 12.3. The molecule has 2 rings (SSSR count). The first-order valence-corrected chi connectivity index (χ1v) is 7.49. The second kappa shape index (κ2) is 5.88. The fraction of sp³-hybridized carbons (Fsp3) is 0.462. The van der Waals surface area contributed by atoms with Gasteiger partial charge in [0, 0.05) is 19.8 Å². The van der Waals surface area contributed by atoms with Crippen LogP contribution in [0.2, 0.25) is 0 Å². The molecule has 21 heavy (non-hydrogen) atoms. The van der Waals surface area contributed by atoms with Gasteiger partial charge >= 0.3 is 5.69 Å². The van der Waals surface area contributed by atoms with Crippen LogP contribution in [0.4, 0.5) is 5.69 Å². The van der Waals surface area contributed by atoms with E-state index < -0.39 is 11.2 Å². The average molecular weight is 356 g/mol. The molecule has 0 unspecified atom stereocenters. The van der Waals surface area contributed by atoms with Crippen LogP contribution < -0.4 is 17.0 Å². The molecule has 0 atom stereocenters. The van der Waals surface area contributed by atoms with Crippen LogP contribution >= 0.6 is 15.9 Å². The molecule has 2 heterocycles. The third kappa shape index (κ3) is 2.67. The maximum atomic E-state index is 12.2. The summed E-state index contributed by atoms with van der Waals surface area (Å²) in [6.45, 7) is 4.76. The molecule has 7 nitrogen and oxygen atoms in total. The second-order valence-corrected chi connectivity index (χ2v) is 5.54. The Labute approximate surface area is 130 Å². The summed E-state index contributed by atoms with van der Waals surface area (Å²) < 4.78 is 5.06. The highest BCUT2D eigenvalue weighted by atomic mass is 79.9. The van der Waals surface area contributed by atoms with Gasteiger partial charge in [-0.15, -0.1) is 0 Å². The van der Waals surface area contributed by atoms with Crippen molar-refractivity contribution in [3.05, 3.63) is 42.9 Å². The fourth-order valence-electron chi connectivity index (χ4n) is 2.21. The highest BCUT2D eigenvalue weighted by Crippen LogP contribution is 2.22. The van der Waals surface area contributed by atoms with E-state index in [-0.39, 0.29) is 12.2 Å². The van der Waals surface area contributed by atoms with Crippen molar-refractivity contribution in [1.82, 2.24) is 18.9 Å². The summed E-state index contributed by atoms with van der Waals surface area (Å²) in [5.74, 6) is 0. The van der Waals surface area contributed by atoms with Gasteiger partial charge in [0.25, 0.3) is 5.56 Å². The van der Waals surface area contributed by atoms with Crippen molar-refractivity contribution in [2.75, 3.05) is 5.73 Å². The van der Waals surface area contributed by atoms with Gasteiger partial charge < -0.3 is 10.3 Å². The molecule has 0 aliphatic rings. The molecule has 0 amide bonds.